The third kappa shape index (κ3) is 4.26. The first-order valence-electron chi connectivity index (χ1n) is 8.92. The largest absolute Gasteiger partial charge is 0.488 e. The van der Waals surface area contributed by atoms with Crippen LogP contribution in [0.1, 0.15) is 23.6 Å². The Bertz CT molecular complexity index is 1010. The van der Waals surface area contributed by atoms with E-state index in [-0.39, 0.29) is 24.1 Å². The summed E-state index contributed by atoms with van der Waals surface area (Å²) in [7, 11) is -2.38. The molecule has 2 aromatic carbocycles. The van der Waals surface area contributed by atoms with E-state index in [1.54, 1.807) is 30.3 Å². The highest BCUT2D eigenvalue weighted by molar-refractivity contribution is 7.89. The summed E-state index contributed by atoms with van der Waals surface area (Å²) in [6, 6.07) is 12.4. The first-order valence-corrected chi connectivity index (χ1v) is 10.4. The van der Waals surface area contributed by atoms with Crippen molar-refractivity contribution in [2.45, 2.75) is 31.4 Å². The Morgan fingerprint density at radius 3 is 2.79 bits per heavy atom. The number of hydrogen-bond acceptors (Lipinski definition) is 5. The number of ether oxygens (including phenoxy) is 2. The molecular formula is C21H23NO5S. The highest BCUT2D eigenvalue weighted by Gasteiger charge is 2.33. The molecule has 0 aromatic heterocycles. The Kier molecular flexibility index (Phi) is 5.86. The molecule has 0 aliphatic carbocycles. The summed E-state index contributed by atoms with van der Waals surface area (Å²) in [4.78, 5) is 11.5. The highest BCUT2D eigenvalue weighted by Crippen LogP contribution is 2.32. The minimum atomic E-state index is -3.69. The number of methoxy groups -OCH3 is 1. The molecule has 1 aliphatic heterocycles. The van der Waals surface area contributed by atoms with Crippen LogP contribution in [0.4, 0.5) is 0 Å². The number of nitrogens with zero attached hydrogens (tertiary/aromatic N) is 1. The Labute approximate surface area is 165 Å². The van der Waals surface area contributed by atoms with E-state index in [0.29, 0.717) is 5.75 Å². The van der Waals surface area contributed by atoms with Crippen molar-refractivity contribution in [2.75, 3.05) is 13.7 Å². The Morgan fingerprint density at radius 1 is 1.29 bits per heavy atom. The van der Waals surface area contributed by atoms with Crippen molar-refractivity contribution in [1.29, 1.82) is 0 Å². The van der Waals surface area contributed by atoms with Crippen LogP contribution >= 0.6 is 0 Å². The molecule has 7 heteroatoms. The molecule has 28 heavy (non-hydrogen) atoms. The van der Waals surface area contributed by atoms with E-state index in [1.165, 1.54) is 17.5 Å². The fourth-order valence-corrected chi connectivity index (χ4v) is 4.69. The minimum absolute atomic E-state index is 0.179. The van der Waals surface area contributed by atoms with Gasteiger partial charge in [0.15, 0.2) is 0 Å². The van der Waals surface area contributed by atoms with Gasteiger partial charge in [-0.3, -0.25) is 0 Å². The molecule has 3 rings (SSSR count). The lowest BCUT2D eigenvalue weighted by Crippen LogP contribution is -2.35. The second kappa shape index (κ2) is 8.16. The topological polar surface area (TPSA) is 72.9 Å². The van der Waals surface area contributed by atoms with Crippen LogP contribution in [0, 0.1) is 6.92 Å². The quantitative estimate of drug-likeness (QED) is 0.581. The molecule has 0 spiro atoms. The number of esters is 1. The molecule has 0 saturated carbocycles. The second-order valence-electron chi connectivity index (χ2n) is 6.72. The van der Waals surface area contributed by atoms with E-state index >= 15 is 0 Å². The van der Waals surface area contributed by atoms with E-state index in [1.807, 2.05) is 32.0 Å². The SMILES string of the molecule is COC(=O)/C=C/c1ccc(C)c(CN2CC(C)Oc3ccccc3S2(=O)=O)c1. The standard InChI is InChI=1S/C21H23NO5S/c1-15-8-9-17(10-11-21(23)26-3)12-18(15)14-22-13-16(2)27-19-6-4-5-7-20(19)28(22,24)25/h4-12,16H,13-14H2,1-3H3/b11-10+. The number of para-hydroxylation sites is 1. The predicted molar refractivity (Wildman–Crippen MR) is 106 cm³/mol. The van der Waals surface area contributed by atoms with Crippen molar-refractivity contribution < 1.29 is 22.7 Å². The second-order valence-corrected chi connectivity index (χ2v) is 8.62. The number of sulfonamides is 1. The minimum Gasteiger partial charge on any atom is -0.488 e. The molecule has 0 fully saturated rings. The fourth-order valence-electron chi connectivity index (χ4n) is 3.08. The number of carbonyl (C=O) groups excluding carboxylic acids is 1. The van der Waals surface area contributed by atoms with Crippen molar-refractivity contribution >= 4 is 22.1 Å². The Balaban J connectivity index is 1.94. The van der Waals surface area contributed by atoms with Gasteiger partial charge < -0.3 is 9.47 Å². The molecule has 1 atom stereocenters. The van der Waals surface area contributed by atoms with Crippen LogP contribution in [0.15, 0.2) is 53.4 Å². The summed E-state index contributed by atoms with van der Waals surface area (Å²) in [5, 5.41) is 0. The molecule has 6 nitrogen and oxygen atoms in total. The van der Waals surface area contributed by atoms with Gasteiger partial charge in [-0.2, -0.15) is 4.31 Å². The van der Waals surface area contributed by atoms with E-state index in [2.05, 4.69) is 4.74 Å². The monoisotopic (exact) mass is 401 g/mol. The van der Waals surface area contributed by atoms with Gasteiger partial charge in [0.05, 0.1) is 13.7 Å². The Morgan fingerprint density at radius 2 is 2.04 bits per heavy atom. The molecule has 0 saturated heterocycles. The van der Waals surface area contributed by atoms with E-state index in [4.69, 9.17) is 4.74 Å². The van der Waals surface area contributed by atoms with E-state index < -0.39 is 16.0 Å². The van der Waals surface area contributed by atoms with Gasteiger partial charge in [-0.1, -0.05) is 30.3 Å². The third-order valence-electron chi connectivity index (χ3n) is 4.59. The molecule has 0 radical (unpaired) electrons. The van der Waals surface area contributed by atoms with Crippen molar-refractivity contribution in [2.24, 2.45) is 0 Å². The number of rotatable bonds is 4. The molecule has 1 unspecified atom stereocenters. The summed E-state index contributed by atoms with van der Waals surface area (Å²) in [5.41, 5.74) is 2.63. The third-order valence-corrected chi connectivity index (χ3v) is 6.44. The number of hydrogen-bond donors (Lipinski definition) is 0. The van der Waals surface area contributed by atoms with Crippen molar-refractivity contribution in [3.8, 4) is 5.75 Å². The lowest BCUT2D eigenvalue weighted by Gasteiger charge is -2.22. The first-order chi connectivity index (χ1) is 13.3. The zero-order chi connectivity index (χ0) is 20.3. The predicted octanol–water partition coefficient (Wildman–Crippen LogP) is 3.15. The first kappa shape index (κ1) is 20.1. The smallest absolute Gasteiger partial charge is 0.330 e. The maximum absolute atomic E-state index is 13.2. The summed E-state index contributed by atoms with van der Waals surface area (Å²) in [6.45, 7) is 4.25. The fraction of sp³-hybridized carbons (Fsp3) is 0.286. The van der Waals surface area contributed by atoms with Crippen LogP contribution in [0.2, 0.25) is 0 Å². The molecule has 148 valence electrons. The number of fused-ring (bicyclic) bond motifs is 1. The van der Waals surface area contributed by atoms with Crippen LogP contribution in [-0.4, -0.2) is 38.5 Å². The number of carbonyl (C=O) groups is 1. The number of aryl methyl sites for hydroxylation is 1. The number of benzene rings is 2. The van der Waals surface area contributed by atoms with Crippen molar-refractivity contribution in [3.63, 3.8) is 0 Å². The van der Waals surface area contributed by atoms with Gasteiger partial charge >= 0.3 is 5.97 Å². The lowest BCUT2D eigenvalue weighted by molar-refractivity contribution is -0.134. The summed E-state index contributed by atoms with van der Waals surface area (Å²) < 4.78 is 38.2. The normalized spacial score (nSPS) is 18.9. The van der Waals surface area contributed by atoms with E-state index in [0.717, 1.165) is 16.7 Å². The van der Waals surface area contributed by atoms with Gasteiger partial charge in [0.1, 0.15) is 16.7 Å². The summed E-state index contributed by atoms with van der Waals surface area (Å²) in [6.07, 6.45) is 2.71. The lowest BCUT2D eigenvalue weighted by atomic mass is 10.0. The average molecular weight is 401 g/mol. The maximum atomic E-state index is 13.2. The molecule has 1 heterocycles. The zero-order valence-corrected chi connectivity index (χ0v) is 16.9. The Hall–Kier alpha value is -2.64. The van der Waals surface area contributed by atoms with Crippen molar-refractivity contribution in [3.05, 3.63) is 65.2 Å². The summed E-state index contributed by atoms with van der Waals surface area (Å²) in [5.74, 6) is -0.0659. The van der Waals surface area contributed by atoms with Gasteiger partial charge in [0.25, 0.3) is 0 Å². The molecular weight excluding hydrogens is 378 g/mol. The zero-order valence-electron chi connectivity index (χ0n) is 16.1. The van der Waals surface area contributed by atoms with Crippen LogP contribution in [0.3, 0.4) is 0 Å². The van der Waals surface area contributed by atoms with Crippen LogP contribution in [0.5, 0.6) is 5.75 Å². The maximum Gasteiger partial charge on any atom is 0.330 e. The van der Waals surface area contributed by atoms with Gasteiger partial charge in [0, 0.05) is 12.6 Å². The van der Waals surface area contributed by atoms with Gasteiger partial charge in [-0.05, 0) is 48.7 Å². The summed E-state index contributed by atoms with van der Waals surface area (Å²) >= 11 is 0. The van der Waals surface area contributed by atoms with Crippen LogP contribution in [-0.2, 0) is 26.1 Å². The van der Waals surface area contributed by atoms with Crippen LogP contribution in [0.25, 0.3) is 6.08 Å². The van der Waals surface area contributed by atoms with E-state index in [9.17, 15) is 13.2 Å². The molecule has 0 N–H and O–H groups in total. The van der Waals surface area contributed by atoms with Gasteiger partial charge in [0.2, 0.25) is 10.0 Å². The molecule has 2 aromatic rings. The van der Waals surface area contributed by atoms with Gasteiger partial charge in [-0.25, -0.2) is 13.2 Å². The molecule has 0 amide bonds. The highest BCUT2D eigenvalue weighted by atomic mass is 32.2. The van der Waals surface area contributed by atoms with Crippen LogP contribution < -0.4 is 4.74 Å². The molecule has 1 aliphatic rings. The van der Waals surface area contributed by atoms with Crippen molar-refractivity contribution in [1.82, 2.24) is 4.31 Å². The average Bonchev–Trinajstić information content (AvgIpc) is 2.76. The molecule has 0 bridgehead atoms. The van der Waals surface area contributed by atoms with Gasteiger partial charge in [-0.15, -0.1) is 0 Å².